The summed E-state index contributed by atoms with van der Waals surface area (Å²) in [4.78, 5) is 22.2. The summed E-state index contributed by atoms with van der Waals surface area (Å²) >= 11 is 0. The molecule has 0 bridgehead atoms. The molecule has 0 aromatic heterocycles. The van der Waals surface area contributed by atoms with Gasteiger partial charge in [-0.2, -0.15) is 0 Å². The van der Waals surface area contributed by atoms with Crippen molar-refractivity contribution in [3.63, 3.8) is 0 Å². The Morgan fingerprint density at radius 3 is 2.68 bits per heavy atom. The Labute approximate surface area is 129 Å². The topological polar surface area (TPSA) is 113 Å². The maximum Gasteiger partial charge on any atom is 0.303 e. The minimum Gasteiger partial charge on any atom is -0.481 e. The first kappa shape index (κ1) is 17.9. The molecule has 1 amide bonds. The molecule has 0 spiro atoms. The summed E-state index contributed by atoms with van der Waals surface area (Å²) in [6.07, 6.45) is 1.68. The zero-order valence-electron chi connectivity index (χ0n) is 11.9. The first-order chi connectivity index (χ1) is 10.4. The Kier molecular flexibility index (Phi) is 6.74. The van der Waals surface area contributed by atoms with E-state index in [1.807, 2.05) is 0 Å². The Morgan fingerprint density at radius 2 is 2.05 bits per heavy atom. The number of sulfonamides is 1. The van der Waals surface area contributed by atoms with Crippen LogP contribution in [0.15, 0.2) is 41.8 Å². The van der Waals surface area contributed by atoms with E-state index in [-0.39, 0.29) is 30.0 Å². The van der Waals surface area contributed by atoms with Crippen LogP contribution in [0.1, 0.15) is 23.2 Å². The molecule has 3 N–H and O–H groups in total. The summed E-state index contributed by atoms with van der Waals surface area (Å²) in [5.74, 6) is -1.39. The zero-order chi connectivity index (χ0) is 16.6. The first-order valence-corrected chi connectivity index (χ1v) is 8.06. The summed E-state index contributed by atoms with van der Waals surface area (Å²) in [6.45, 7) is 3.72. The third-order valence-corrected chi connectivity index (χ3v) is 4.10. The molecule has 1 aromatic rings. The molecule has 0 fully saturated rings. The molecule has 0 saturated carbocycles. The molecule has 7 nitrogen and oxygen atoms in total. The van der Waals surface area contributed by atoms with Gasteiger partial charge in [-0.1, -0.05) is 12.1 Å². The lowest BCUT2D eigenvalue weighted by molar-refractivity contribution is -0.137. The second kappa shape index (κ2) is 8.30. The normalized spacial score (nSPS) is 10.9. The van der Waals surface area contributed by atoms with Gasteiger partial charge in [-0.05, 0) is 24.6 Å². The Balaban J connectivity index is 2.73. The summed E-state index contributed by atoms with van der Waals surface area (Å²) < 4.78 is 26.2. The molecule has 0 aliphatic carbocycles. The SMILES string of the molecule is C=CCNS(=O)(=O)c1cccc(C(=O)NCCCC(=O)O)c1. The van der Waals surface area contributed by atoms with Crippen molar-refractivity contribution in [2.75, 3.05) is 13.1 Å². The van der Waals surface area contributed by atoms with Crippen LogP contribution in [0.5, 0.6) is 0 Å². The molecule has 0 atom stereocenters. The smallest absolute Gasteiger partial charge is 0.303 e. The van der Waals surface area contributed by atoms with Crippen LogP contribution in [0, 0.1) is 0 Å². The number of carboxylic acids is 1. The fourth-order valence-electron chi connectivity index (χ4n) is 1.60. The number of aliphatic carboxylic acids is 1. The van der Waals surface area contributed by atoms with Crippen molar-refractivity contribution in [2.24, 2.45) is 0 Å². The lowest BCUT2D eigenvalue weighted by Gasteiger charge is -2.08. The average Bonchev–Trinajstić information content (AvgIpc) is 2.49. The van der Waals surface area contributed by atoms with Crippen molar-refractivity contribution in [3.8, 4) is 0 Å². The monoisotopic (exact) mass is 326 g/mol. The summed E-state index contributed by atoms with van der Waals surface area (Å²) in [5, 5.41) is 11.0. The molecular formula is C14H18N2O5S. The second-order valence-electron chi connectivity index (χ2n) is 4.42. The van der Waals surface area contributed by atoms with Crippen LogP contribution in [0.25, 0.3) is 0 Å². The van der Waals surface area contributed by atoms with Crippen LogP contribution >= 0.6 is 0 Å². The molecule has 0 unspecified atom stereocenters. The Bertz CT molecular complexity index is 655. The van der Waals surface area contributed by atoms with Crippen molar-refractivity contribution in [1.29, 1.82) is 0 Å². The van der Waals surface area contributed by atoms with Gasteiger partial charge in [0.25, 0.3) is 5.91 Å². The highest BCUT2D eigenvalue weighted by molar-refractivity contribution is 7.89. The highest BCUT2D eigenvalue weighted by Gasteiger charge is 2.15. The third kappa shape index (κ3) is 5.66. The standard InChI is InChI=1S/C14H18N2O5S/c1-2-8-16-22(20,21)12-6-3-5-11(10-12)14(19)15-9-4-7-13(17)18/h2-3,5-6,10,16H,1,4,7-9H2,(H,15,19)(H,17,18). The van der Waals surface area contributed by atoms with Gasteiger partial charge in [0.05, 0.1) is 4.90 Å². The molecule has 0 aliphatic heterocycles. The predicted molar refractivity (Wildman–Crippen MR) is 81.0 cm³/mol. The fourth-order valence-corrected chi connectivity index (χ4v) is 2.64. The molecule has 1 aromatic carbocycles. The maximum atomic E-state index is 11.9. The number of carbonyl (C=O) groups excluding carboxylic acids is 1. The van der Waals surface area contributed by atoms with E-state index < -0.39 is 21.9 Å². The third-order valence-electron chi connectivity index (χ3n) is 2.68. The quantitative estimate of drug-likeness (QED) is 0.458. The minimum absolute atomic E-state index is 0.0208. The molecule has 0 radical (unpaired) electrons. The van der Waals surface area contributed by atoms with Crippen molar-refractivity contribution in [2.45, 2.75) is 17.7 Å². The molecular weight excluding hydrogens is 308 g/mol. The first-order valence-electron chi connectivity index (χ1n) is 6.57. The van der Waals surface area contributed by atoms with E-state index in [1.54, 1.807) is 0 Å². The van der Waals surface area contributed by atoms with Crippen LogP contribution in [-0.2, 0) is 14.8 Å². The van der Waals surface area contributed by atoms with Crippen molar-refractivity contribution in [1.82, 2.24) is 10.0 Å². The largest absolute Gasteiger partial charge is 0.481 e. The molecule has 22 heavy (non-hydrogen) atoms. The summed E-state index contributed by atoms with van der Waals surface area (Å²) in [6, 6.07) is 5.60. The number of benzene rings is 1. The Morgan fingerprint density at radius 1 is 1.32 bits per heavy atom. The van der Waals surface area contributed by atoms with E-state index in [9.17, 15) is 18.0 Å². The zero-order valence-corrected chi connectivity index (χ0v) is 12.7. The van der Waals surface area contributed by atoms with Crippen LogP contribution in [0.3, 0.4) is 0 Å². The molecule has 0 saturated heterocycles. The van der Waals surface area contributed by atoms with Gasteiger partial charge in [-0.3, -0.25) is 9.59 Å². The second-order valence-corrected chi connectivity index (χ2v) is 6.19. The molecule has 0 aliphatic rings. The van der Waals surface area contributed by atoms with Gasteiger partial charge < -0.3 is 10.4 Å². The van der Waals surface area contributed by atoms with Gasteiger partial charge in [0, 0.05) is 25.1 Å². The Hall–Kier alpha value is -2.19. The van der Waals surface area contributed by atoms with E-state index >= 15 is 0 Å². The van der Waals surface area contributed by atoms with E-state index in [0.29, 0.717) is 6.42 Å². The van der Waals surface area contributed by atoms with Gasteiger partial charge in [-0.15, -0.1) is 6.58 Å². The van der Waals surface area contributed by atoms with Gasteiger partial charge in [0.15, 0.2) is 0 Å². The van der Waals surface area contributed by atoms with E-state index in [0.717, 1.165) is 0 Å². The van der Waals surface area contributed by atoms with E-state index in [2.05, 4.69) is 16.6 Å². The van der Waals surface area contributed by atoms with Gasteiger partial charge in [0.2, 0.25) is 10.0 Å². The van der Waals surface area contributed by atoms with Crippen LogP contribution in [0.2, 0.25) is 0 Å². The van der Waals surface area contributed by atoms with Crippen molar-refractivity contribution < 1.29 is 23.1 Å². The molecule has 120 valence electrons. The lowest BCUT2D eigenvalue weighted by Crippen LogP contribution is -2.26. The van der Waals surface area contributed by atoms with E-state index in [4.69, 9.17) is 5.11 Å². The summed E-state index contributed by atoms with van der Waals surface area (Å²) in [7, 11) is -3.69. The minimum atomic E-state index is -3.69. The van der Waals surface area contributed by atoms with Crippen molar-refractivity contribution >= 4 is 21.9 Å². The number of carbonyl (C=O) groups is 2. The summed E-state index contributed by atoms with van der Waals surface area (Å²) in [5.41, 5.74) is 0.191. The molecule has 0 heterocycles. The molecule has 8 heteroatoms. The van der Waals surface area contributed by atoms with Crippen molar-refractivity contribution in [3.05, 3.63) is 42.5 Å². The van der Waals surface area contributed by atoms with E-state index in [1.165, 1.54) is 30.3 Å². The highest BCUT2D eigenvalue weighted by Crippen LogP contribution is 2.11. The number of rotatable bonds is 9. The molecule has 1 rings (SSSR count). The number of nitrogens with one attached hydrogen (secondary N) is 2. The number of hydrogen-bond acceptors (Lipinski definition) is 4. The number of hydrogen-bond donors (Lipinski definition) is 3. The maximum absolute atomic E-state index is 11.9. The highest BCUT2D eigenvalue weighted by atomic mass is 32.2. The van der Waals surface area contributed by atoms with Crippen LogP contribution < -0.4 is 10.0 Å². The lowest BCUT2D eigenvalue weighted by atomic mass is 10.2. The van der Waals surface area contributed by atoms with Crippen LogP contribution in [0.4, 0.5) is 0 Å². The van der Waals surface area contributed by atoms with Crippen LogP contribution in [-0.4, -0.2) is 38.5 Å². The predicted octanol–water partition coefficient (Wildman–Crippen LogP) is 0.745. The number of amides is 1. The van der Waals surface area contributed by atoms with Gasteiger partial charge in [0.1, 0.15) is 0 Å². The van der Waals surface area contributed by atoms with Gasteiger partial charge in [-0.25, -0.2) is 13.1 Å². The van der Waals surface area contributed by atoms with Gasteiger partial charge >= 0.3 is 5.97 Å². The number of carboxylic acid groups (broad SMARTS) is 1. The average molecular weight is 326 g/mol. The fraction of sp³-hybridized carbons (Fsp3) is 0.286.